The van der Waals surface area contributed by atoms with E-state index in [0.29, 0.717) is 11.6 Å². The predicted molar refractivity (Wildman–Crippen MR) is 67.8 cm³/mol. The molecule has 1 heterocycles. The first-order chi connectivity index (χ1) is 7.99. The summed E-state index contributed by atoms with van der Waals surface area (Å²) in [4.78, 5) is 15.5. The van der Waals surface area contributed by atoms with Crippen LogP contribution in [-0.2, 0) is 0 Å². The van der Waals surface area contributed by atoms with Gasteiger partial charge >= 0.3 is 5.97 Å². The minimum atomic E-state index is -0.853. The van der Waals surface area contributed by atoms with Crippen LogP contribution < -0.4 is 4.90 Å². The van der Waals surface area contributed by atoms with Crippen molar-refractivity contribution in [2.24, 2.45) is 0 Å². The summed E-state index contributed by atoms with van der Waals surface area (Å²) in [5.41, 5.74) is 2.22. The van der Waals surface area contributed by atoms with E-state index in [0.717, 1.165) is 24.3 Å². The summed E-state index contributed by atoms with van der Waals surface area (Å²) >= 11 is 0. The second-order valence-electron chi connectivity index (χ2n) is 4.83. The van der Waals surface area contributed by atoms with Crippen LogP contribution >= 0.6 is 0 Å². The summed E-state index contributed by atoms with van der Waals surface area (Å²) in [7, 11) is 4.14. The molecule has 0 radical (unpaired) electrons. The molecule has 4 heteroatoms. The van der Waals surface area contributed by atoms with Crippen LogP contribution in [0.2, 0.25) is 0 Å². The molecule has 2 rings (SSSR count). The maximum Gasteiger partial charge on any atom is 0.336 e. The predicted octanol–water partition coefficient (Wildman–Crippen LogP) is 1.44. The molecule has 1 saturated heterocycles. The molecule has 0 atom stereocenters. The van der Waals surface area contributed by atoms with Crippen molar-refractivity contribution >= 4 is 11.7 Å². The Balaban J connectivity index is 2.14. The third kappa shape index (κ3) is 2.26. The number of aryl methyl sites for hydroxylation is 1. The molecule has 0 unspecified atom stereocenters. The van der Waals surface area contributed by atoms with Crippen molar-refractivity contribution in [2.45, 2.75) is 13.0 Å². The number of rotatable bonds is 3. The Morgan fingerprint density at radius 2 is 2.06 bits per heavy atom. The molecule has 1 N–H and O–H groups in total. The minimum absolute atomic E-state index is 0.399. The number of anilines is 1. The third-order valence-corrected chi connectivity index (χ3v) is 3.41. The van der Waals surface area contributed by atoms with Gasteiger partial charge in [-0.05, 0) is 38.7 Å². The monoisotopic (exact) mass is 234 g/mol. The molecule has 92 valence electrons. The quantitative estimate of drug-likeness (QED) is 0.859. The van der Waals surface area contributed by atoms with Crippen molar-refractivity contribution < 1.29 is 9.90 Å². The van der Waals surface area contributed by atoms with Gasteiger partial charge in [-0.25, -0.2) is 4.79 Å². The molecule has 1 aromatic carbocycles. The normalized spacial score (nSPS) is 16.1. The van der Waals surface area contributed by atoms with Gasteiger partial charge in [-0.15, -0.1) is 0 Å². The number of nitrogens with zero attached hydrogens (tertiary/aromatic N) is 2. The van der Waals surface area contributed by atoms with E-state index in [-0.39, 0.29) is 0 Å². The van der Waals surface area contributed by atoms with Crippen LogP contribution in [0.25, 0.3) is 0 Å². The van der Waals surface area contributed by atoms with E-state index < -0.39 is 5.97 Å². The lowest BCUT2D eigenvalue weighted by molar-refractivity contribution is 0.0696. The largest absolute Gasteiger partial charge is 0.478 e. The molecule has 0 saturated carbocycles. The van der Waals surface area contributed by atoms with E-state index in [1.54, 1.807) is 6.07 Å². The SMILES string of the molecule is Cc1ccc(N2CC(N(C)C)C2)cc1C(=O)O. The van der Waals surface area contributed by atoms with E-state index in [4.69, 9.17) is 5.11 Å². The van der Waals surface area contributed by atoms with Gasteiger partial charge in [-0.1, -0.05) is 6.07 Å². The standard InChI is InChI=1S/C13H18N2O2/c1-9-4-5-10(6-12(9)13(16)17)15-7-11(8-15)14(2)3/h4-6,11H,7-8H2,1-3H3,(H,16,17). The highest BCUT2D eigenvalue weighted by Crippen LogP contribution is 2.25. The van der Waals surface area contributed by atoms with Gasteiger partial charge in [0.15, 0.2) is 0 Å². The first kappa shape index (κ1) is 11.9. The molecule has 0 aromatic heterocycles. The van der Waals surface area contributed by atoms with Gasteiger partial charge in [0.2, 0.25) is 0 Å². The van der Waals surface area contributed by atoms with E-state index in [9.17, 15) is 4.79 Å². The first-order valence-corrected chi connectivity index (χ1v) is 5.74. The van der Waals surface area contributed by atoms with Crippen LogP contribution in [0.3, 0.4) is 0 Å². The van der Waals surface area contributed by atoms with Crippen molar-refractivity contribution in [3.63, 3.8) is 0 Å². The number of aromatic carboxylic acids is 1. The highest BCUT2D eigenvalue weighted by molar-refractivity contribution is 5.90. The molecule has 0 aliphatic carbocycles. The van der Waals surface area contributed by atoms with Crippen molar-refractivity contribution in [3.8, 4) is 0 Å². The molecular formula is C13H18N2O2. The molecule has 0 amide bonds. The zero-order valence-corrected chi connectivity index (χ0v) is 10.5. The molecule has 1 aromatic rings. The molecule has 4 nitrogen and oxygen atoms in total. The summed E-state index contributed by atoms with van der Waals surface area (Å²) in [6.45, 7) is 3.76. The fourth-order valence-electron chi connectivity index (χ4n) is 2.03. The average molecular weight is 234 g/mol. The third-order valence-electron chi connectivity index (χ3n) is 3.41. The molecule has 17 heavy (non-hydrogen) atoms. The number of hydrogen-bond acceptors (Lipinski definition) is 3. The van der Waals surface area contributed by atoms with Gasteiger partial charge in [0.1, 0.15) is 0 Å². The van der Waals surface area contributed by atoms with Gasteiger partial charge in [-0.3, -0.25) is 0 Å². The molecule has 1 aliphatic rings. The van der Waals surface area contributed by atoms with Crippen molar-refractivity contribution in [1.29, 1.82) is 0 Å². The van der Waals surface area contributed by atoms with Crippen LogP contribution in [0, 0.1) is 6.92 Å². The number of carboxylic acid groups (broad SMARTS) is 1. The minimum Gasteiger partial charge on any atom is -0.478 e. The maximum atomic E-state index is 11.0. The summed E-state index contributed by atoms with van der Waals surface area (Å²) in [5.74, 6) is -0.853. The fourth-order valence-corrected chi connectivity index (χ4v) is 2.03. The topological polar surface area (TPSA) is 43.8 Å². The van der Waals surface area contributed by atoms with Crippen molar-refractivity contribution in [3.05, 3.63) is 29.3 Å². The van der Waals surface area contributed by atoms with E-state index in [2.05, 4.69) is 23.9 Å². The molecule has 0 spiro atoms. The second-order valence-corrected chi connectivity index (χ2v) is 4.83. The number of carboxylic acids is 1. The van der Waals surface area contributed by atoms with Crippen molar-refractivity contribution in [2.75, 3.05) is 32.1 Å². The summed E-state index contributed by atoms with van der Waals surface area (Å²) in [6, 6.07) is 6.21. The Morgan fingerprint density at radius 1 is 1.41 bits per heavy atom. The molecular weight excluding hydrogens is 216 g/mol. The van der Waals surface area contributed by atoms with Gasteiger partial charge in [-0.2, -0.15) is 0 Å². The van der Waals surface area contributed by atoms with Crippen LogP contribution in [0.1, 0.15) is 15.9 Å². The summed E-state index contributed by atoms with van der Waals surface area (Å²) in [6.07, 6.45) is 0. The highest BCUT2D eigenvalue weighted by atomic mass is 16.4. The molecule has 0 bridgehead atoms. The number of benzene rings is 1. The van der Waals surface area contributed by atoms with Gasteiger partial charge in [0.25, 0.3) is 0 Å². The van der Waals surface area contributed by atoms with Crippen molar-refractivity contribution in [1.82, 2.24) is 4.90 Å². The number of hydrogen-bond donors (Lipinski definition) is 1. The molecule has 1 fully saturated rings. The van der Waals surface area contributed by atoms with E-state index in [1.165, 1.54) is 0 Å². The van der Waals surface area contributed by atoms with Gasteiger partial charge < -0.3 is 14.9 Å². The van der Waals surface area contributed by atoms with Crippen LogP contribution in [0.5, 0.6) is 0 Å². The zero-order chi connectivity index (χ0) is 12.6. The van der Waals surface area contributed by atoms with Crippen LogP contribution in [-0.4, -0.2) is 49.2 Å². The van der Waals surface area contributed by atoms with Gasteiger partial charge in [0.05, 0.1) is 5.56 Å². The summed E-state index contributed by atoms with van der Waals surface area (Å²) < 4.78 is 0. The Bertz CT molecular complexity index is 437. The summed E-state index contributed by atoms with van der Waals surface area (Å²) in [5, 5.41) is 9.08. The first-order valence-electron chi connectivity index (χ1n) is 5.74. The van der Waals surface area contributed by atoms with Crippen LogP contribution in [0.15, 0.2) is 18.2 Å². The lowest BCUT2D eigenvalue weighted by Gasteiger charge is -2.44. The Labute approximate surface area is 101 Å². The Morgan fingerprint density at radius 3 is 2.59 bits per heavy atom. The second kappa shape index (κ2) is 4.37. The average Bonchev–Trinajstić information content (AvgIpc) is 2.17. The highest BCUT2D eigenvalue weighted by Gasteiger charge is 2.28. The Kier molecular flexibility index (Phi) is 3.07. The maximum absolute atomic E-state index is 11.0. The number of likely N-dealkylation sites (N-methyl/N-ethyl adjacent to an activating group) is 1. The smallest absolute Gasteiger partial charge is 0.336 e. The lowest BCUT2D eigenvalue weighted by Crippen LogP contribution is -2.57. The van der Waals surface area contributed by atoms with E-state index >= 15 is 0 Å². The van der Waals surface area contributed by atoms with Crippen LogP contribution in [0.4, 0.5) is 5.69 Å². The van der Waals surface area contributed by atoms with E-state index in [1.807, 2.05) is 19.1 Å². The fraction of sp³-hybridized carbons (Fsp3) is 0.462. The Hall–Kier alpha value is -1.55. The lowest BCUT2D eigenvalue weighted by atomic mass is 10.0. The van der Waals surface area contributed by atoms with Gasteiger partial charge in [0, 0.05) is 24.8 Å². The zero-order valence-electron chi connectivity index (χ0n) is 10.5. The number of carbonyl (C=O) groups is 1. The molecule has 1 aliphatic heterocycles.